The summed E-state index contributed by atoms with van der Waals surface area (Å²) < 4.78 is 16.5. The summed E-state index contributed by atoms with van der Waals surface area (Å²) in [6.07, 6.45) is 32.3. The molecule has 0 N–H and O–H groups in total. The second kappa shape index (κ2) is 35.3. The van der Waals surface area contributed by atoms with Crippen LogP contribution in [0, 0.1) is 0 Å². The number of hydrogen-bond acceptors (Lipinski definition) is 6. The van der Waals surface area contributed by atoms with Gasteiger partial charge in [-0.1, -0.05) is 175 Å². The molecule has 1 atom stereocenters. The monoisotopic (exact) mass is 639 g/mol. The van der Waals surface area contributed by atoms with Crippen LogP contribution in [0.1, 0.15) is 213 Å². The minimum absolute atomic E-state index is 0.0644. The highest BCUT2D eigenvalue weighted by atomic mass is 16.6. The third-order valence-corrected chi connectivity index (χ3v) is 8.61. The molecule has 0 aromatic heterocycles. The predicted molar refractivity (Wildman–Crippen MR) is 187 cm³/mol. The van der Waals surface area contributed by atoms with Crippen molar-refractivity contribution in [2.75, 3.05) is 13.2 Å². The Balaban J connectivity index is 4.33. The van der Waals surface area contributed by atoms with Gasteiger partial charge in [0.2, 0.25) is 0 Å². The van der Waals surface area contributed by atoms with Gasteiger partial charge in [-0.15, -0.1) is 0 Å². The summed E-state index contributed by atoms with van der Waals surface area (Å²) in [6.45, 7) is 6.56. The molecule has 0 fully saturated rings. The van der Waals surface area contributed by atoms with E-state index in [1.54, 1.807) is 0 Å². The Hall–Kier alpha value is -1.59. The number of carbonyl (C=O) groups excluding carboxylic acids is 3. The maximum absolute atomic E-state index is 12.6. The Morgan fingerprint density at radius 1 is 0.356 bits per heavy atom. The van der Waals surface area contributed by atoms with Gasteiger partial charge in [-0.25, -0.2) is 0 Å². The van der Waals surface area contributed by atoms with Crippen LogP contribution in [0.3, 0.4) is 0 Å². The van der Waals surface area contributed by atoms with Crippen molar-refractivity contribution in [1.82, 2.24) is 0 Å². The van der Waals surface area contributed by atoms with Gasteiger partial charge in [0.05, 0.1) is 0 Å². The van der Waals surface area contributed by atoms with E-state index in [1.165, 1.54) is 116 Å². The lowest BCUT2D eigenvalue weighted by Crippen LogP contribution is -2.30. The fraction of sp³-hybridized carbons (Fsp3) is 0.923. The van der Waals surface area contributed by atoms with Crippen molar-refractivity contribution < 1.29 is 28.6 Å². The van der Waals surface area contributed by atoms with E-state index in [4.69, 9.17) is 14.2 Å². The minimum Gasteiger partial charge on any atom is -0.462 e. The van der Waals surface area contributed by atoms with E-state index in [2.05, 4.69) is 20.8 Å². The molecule has 266 valence electrons. The number of ether oxygens (including phenoxy) is 3. The quantitative estimate of drug-likeness (QED) is 0.0390. The fourth-order valence-corrected chi connectivity index (χ4v) is 5.62. The molecule has 45 heavy (non-hydrogen) atoms. The Kier molecular flexibility index (Phi) is 34.0. The summed E-state index contributed by atoms with van der Waals surface area (Å²) in [5.41, 5.74) is 0. The predicted octanol–water partition coefficient (Wildman–Crippen LogP) is 11.7. The van der Waals surface area contributed by atoms with Crippen LogP contribution >= 0.6 is 0 Å². The molecular weight excluding hydrogens is 564 g/mol. The number of hydrogen-bond donors (Lipinski definition) is 0. The van der Waals surface area contributed by atoms with Crippen LogP contribution in [0.15, 0.2) is 0 Å². The third kappa shape index (κ3) is 33.6. The van der Waals surface area contributed by atoms with E-state index in [9.17, 15) is 14.4 Å². The van der Waals surface area contributed by atoms with Crippen LogP contribution in [-0.4, -0.2) is 37.2 Å². The molecular formula is C39H74O6. The second-order valence-corrected chi connectivity index (χ2v) is 13.2. The topological polar surface area (TPSA) is 78.9 Å². The van der Waals surface area contributed by atoms with Gasteiger partial charge < -0.3 is 14.2 Å². The molecule has 0 aliphatic heterocycles. The first kappa shape index (κ1) is 43.4. The highest BCUT2D eigenvalue weighted by Crippen LogP contribution is 2.14. The normalized spacial score (nSPS) is 11.8. The summed E-state index contributed by atoms with van der Waals surface area (Å²) in [7, 11) is 0. The lowest BCUT2D eigenvalue weighted by Gasteiger charge is -2.18. The Morgan fingerprint density at radius 3 is 0.889 bits per heavy atom. The van der Waals surface area contributed by atoms with Crippen LogP contribution in [0.2, 0.25) is 0 Å². The Labute approximate surface area is 278 Å². The molecule has 0 heterocycles. The summed E-state index contributed by atoms with van der Waals surface area (Å²) in [5, 5.41) is 0. The van der Waals surface area contributed by atoms with Gasteiger partial charge in [0.15, 0.2) is 6.10 Å². The van der Waals surface area contributed by atoms with E-state index in [0.29, 0.717) is 19.3 Å². The Morgan fingerprint density at radius 2 is 0.600 bits per heavy atom. The number of unbranched alkanes of at least 4 members (excludes halogenated alkanes) is 24. The maximum Gasteiger partial charge on any atom is 0.306 e. The molecule has 0 aliphatic carbocycles. The van der Waals surface area contributed by atoms with Crippen molar-refractivity contribution in [3.8, 4) is 0 Å². The minimum atomic E-state index is -0.754. The van der Waals surface area contributed by atoms with Crippen LogP contribution in [0.4, 0.5) is 0 Å². The van der Waals surface area contributed by atoms with Gasteiger partial charge in [0.1, 0.15) is 13.2 Å². The SMILES string of the molecule is CCCCCCCCCCCCC(=O)OC[C@H](COC(=O)CCCCCCCCC)OC(=O)CCCCCCCCCCCC. The summed E-state index contributed by atoms with van der Waals surface area (Å²) in [4.78, 5) is 37.3. The van der Waals surface area contributed by atoms with Crippen molar-refractivity contribution in [2.24, 2.45) is 0 Å². The van der Waals surface area contributed by atoms with E-state index in [0.717, 1.165) is 57.8 Å². The molecule has 6 nitrogen and oxygen atoms in total. The lowest BCUT2D eigenvalue weighted by atomic mass is 10.1. The molecule has 0 aromatic rings. The van der Waals surface area contributed by atoms with Gasteiger partial charge in [-0.05, 0) is 19.3 Å². The molecule has 0 aliphatic rings. The zero-order chi connectivity index (χ0) is 33.1. The fourth-order valence-electron chi connectivity index (χ4n) is 5.62. The first-order chi connectivity index (χ1) is 22.0. The third-order valence-electron chi connectivity index (χ3n) is 8.61. The van der Waals surface area contributed by atoms with E-state index in [-0.39, 0.29) is 31.1 Å². The lowest BCUT2D eigenvalue weighted by molar-refractivity contribution is -0.167. The van der Waals surface area contributed by atoms with Crippen molar-refractivity contribution in [1.29, 1.82) is 0 Å². The summed E-state index contributed by atoms with van der Waals surface area (Å²) in [6, 6.07) is 0. The maximum atomic E-state index is 12.6. The van der Waals surface area contributed by atoms with Crippen LogP contribution in [-0.2, 0) is 28.6 Å². The molecule has 0 saturated heterocycles. The first-order valence-corrected chi connectivity index (χ1v) is 19.5. The number of rotatable bonds is 35. The van der Waals surface area contributed by atoms with Gasteiger partial charge in [-0.3, -0.25) is 14.4 Å². The van der Waals surface area contributed by atoms with Gasteiger partial charge in [-0.2, -0.15) is 0 Å². The second-order valence-electron chi connectivity index (χ2n) is 13.2. The van der Waals surface area contributed by atoms with Gasteiger partial charge in [0, 0.05) is 19.3 Å². The largest absolute Gasteiger partial charge is 0.462 e. The number of esters is 3. The van der Waals surface area contributed by atoms with Gasteiger partial charge in [0.25, 0.3) is 0 Å². The van der Waals surface area contributed by atoms with E-state index >= 15 is 0 Å². The van der Waals surface area contributed by atoms with Crippen LogP contribution < -0.4 is 0 Å². The standard InChI is InChI=1S/C39H74O6/c1-4-7-10-13-16-18-20-23-26-29-32-38(41)44-35-36(34-43-37(40)31-28-25-22-15-12-9-6-3)45-39(42)33-30-27-24-21-19-17-14-11-8-5-2/h36H,4-35H2,1-3H3/t36-/m0/s1. The molecule has 0 radical (unpaired) electrons. The van der Waals surface area contributed by atoms with Crippen LogP contribution in [0.25, 0.3) is 0 Å². The molecule has 6 heteroatoms. The van der Waals surface area contributed by atoms with Crippen molar-refractivity contribution in [2.45, 2.75) is 219 Å². The smallest absolute Gasteiger partial charge is 0.306 e. The highest BCUT2D eigenvalue weighted by Gasteiger charge is 2.19. The highest BCUT2D eigenvalue weighted by molar-refractivity contribution is 5.71. The first-order valence-electron chi connectivity index (χ1n) is 19.5. The van der Waals surface area contributed by atoms with Gasteiger partial charge >= 0.3 is 17.9 Å². The Bertz CT molecular complexity index is 664. The molecule has 0 spiro atoms. The molecule has 0 amide bonds. The summed E-state index contributed by atoms with van der Waals surface area (Å²) >= 11 is 0. The van der Waals surface area contributed by atoms with Crippen molar-refractivity contribution in [3.63, 3.8) is 0 Å². The number of carbonyl (C=O) groups is 3. The zero-order valence-corrected chi connectivity index (χ0v) is 30.2. The molecule has 0 aromatic carbocycles. The summed E-state index contributed by atoms with van der Waals surface area (Å²) in [5.74, 6) is -0.871. The van der Waals surface area contributed by atoms with Crippen molar-refractivity contribution >= 4 is 17.9 Å². The van der Waals surface area contributed by atoms with Crippen molar-refractivity contribution in [3.05, 3.63) is 0 Å². The van der Waals surface area contributed by atoms with E-state index < -0.39 is 6.10 Å². The average molecular weight is 639 g/mol. The molecule has 0 bridgehead atoms. The molecule has 0 saturated carbocycles. The molecule has 0 unspecified atom stereocenters. The van der Waals surface area contributed by atoms with Crippen LogP contribution in [0.5, 0.6) is 0 Å². The van der Waals surface area contributed by atoms with E-state index in [1.807, 2.05) is 0 Å². The average Bonchev–Trinajstić information content (AvgIpc) is 3.03. The molecule has 0 rings (SSSR count). The zero-order valence-electron chi connectivity index (χ0n) is 30.2.